The van der Waals surface area contributed by atoms with Crippen LogP contribution in [0.3, 0.4) is 0 Å². The molecule has 170 valence electrons. The molecule has 0 aliphatic carbocycles. The number of para-hydroxylation sites is 1. The highest BCUT2D eigenvalue weighted by Crippen LogP contribution is 2.27. The van der Waals surface area contributed by atoms with Crippen LogP contribution in [0.5, 0.6) is 0 Å². The van der Waals surface area contributed by atoms with E-state index in [1.165, 1.54) is 16.2 Å². The number of aromatic nitrogens is 1. The third-order valence-electron chi connectivity index (χ3n) is 5.41. The van der Waals surface area contributed by atoms with Crippen molar-refractivity contribution in [2.45, 2.75) is 26.3 Å². The smallest absolute Gasteiger partial charge is 0.263 e. The van der Waals surface area contributed by atoms with Gasteiger partial charge in [0.15, 0.2) is 14.6 Å². The molecule has 0 N–H and O–H groups in total. The molecular weight excluding hydrogens is 458 g/mol. The Balaban J connectivity index is 1.54. The fourth-order valence-corrected chi connectivity index (χ4v) is 6.17. The highest BCUT2D eigenvalue weighted by molar-refractivity contribution is 7.92. The lowest BCUT2D eigenvalue weighted by Gasteiger charge is -2.29. The molecule has 0 unspecified atom stereocenters. The van der Waals surface area contributed by atoms with Gasteiger partial charge in [-0.05, 0) is 49.1 Å². The van der Waals surface area contributed by atoms with Crippen LogP contribution in [0.2, 0.25) is 0 Å². The van der Waals surface area contributed by atoms with Gasteiger partial charge in [0.1, 0.15) is 11.5 Å². The minimum atomic E-state index is -3.99. The average Bonchev–Trinajstić information content (AvgIpc) is 3.08. The molecule has 0 fully saturated rings. The maximum atomic E-state index is 12.8. The number of terminal acetylenes is 1. The normalized spacial score (nSPS) is 14.2. The number of hydrogen-bond acceptors (Lipinski definition) is 5. The molecule has 33 heavy (non-hydrogen) atoms. The van der Waals surface area contributed by atoms with Crippen molar-refractivity contribution < 1.29 is 18.0 Å². The zero-order chi connectivity index (χ0) is 23.6. The third kappa shape index (κ3) is 5.07. The van der Waals surface area contributed by atoms with Gasteiger partial charge in [-0.25, -0.2) is 8.42 Å². The van der Waals surface area contributed by atoms with Crippen molar-refractivity contribution >= 4 is 48.9 Å². The Labute approximate surface area is 196 Å². The number of thiazole rings is 1. The van der Waals surface area contributed by atoms with Crippen molar-refractivity contribution in [2.75, 3.05) is 23.0 Å². The quantitative estimate of drug-likeness (QED) is 0.524. The molecule has 0 radical (unpaired) electrons. The summed E-state index contributed by atoms with van der Waals surface area (Å²) in [6.07, 6.45) is 7.08. The molecule has 0 atom stereocenters. The zero-order valence-corrected chi connectivity index (χ0v) is 19.8. The predicted octanol–water partition coefficient (Wildman–Crippen LogP) is 2.47. The summed E-state index contributed by atoms with van der Waals surface area (Å²) >= 11 is 1.27. The molecule has 0 saturated carbocycles. The average molecular weight is 482 g/mol. The van der Waals surface area contributed by atoms with Gasteiger partial charge in [0.05, 0.1) is 16.8 Å². The summed E-state index contributed by atoms with van der Waals surface area (Å²) in [6, 6.07) is 13.3. The topological polar surface area (TPSA) is 88.8 Å². The zero-order valence-electron chi connectivity index (χ0n) is 18.2. The lowest BCUT2D eigenvalue weighted by atomic mass is 10.0. The summed E-state index contributed by atoms with van der Waals surface area (Å²) in [5.74, 6) is -0.390. The number of carbonyl (C=O) groups excluding carboxylic acids is 2. The maximum Gasteiger partial charge on any atom is 0.263 e. The van der Waals surface area contributed by atoms with Crippen LogP contribution in [0.25, 0.3) is 10.2 Å². The lowest BCUT2D eigenvalue weighted by molar-refractivity contribution is -0.116. The van der Waals surface area contributed by atoms with E-state index in [1.807, 2.05) is 49.4 Å². The first-order valence-corrected chi connectivity index (χ1v) is 13.1. The summed E-state index contributed by atoms with van der Waals surface area (Å²) < 4.78 is 27.9. The lowest BCUT2D eigenvalue weighted by Crippen LogP contribution is -2.40. The largest absolute Gasteiger partial charge is 0.311 e. The first kappa shape index (κ1) is 23.0. The van der Waals surface area contributed by atoms with Crippen molar-refractivity contribution in [3.8, 4) is 12.3 Å². The molecule has 0 bridgehead atoms. The van der Waals surface area contributed by atoms with E-state index in [9.17, 15) is 18.0 Å². The van der Waals surface area contributed by atoms with Gasteiger partial charge in [-0.2, -0.15) is 4.99 Å². The summed E-state index contributed by atoms with van der Waals surface area (Å²) in [5, 5.41) is 0. The van der Waals surface area contributed by atoms with E-state index in [4.69, 9.17) is 6.42 Å². The van der Waals surface area contributed by atoms with Crippen LogP contribution in [-0.4, -0.2) is 42.8 Å². The first-order chi connectivity index (χ1) is 15.8. The predicted molar refractivity (Wildman–Crippen MR) is 130 cm³/mol. The number of nitrogens with zero attached hydrogens (tertiary/aromatic N) is 3. The second kappa shape index (κ2) is 9.33. The van der Waals surface area contributed by atoms with Gasteiger partial charge in [-0.15, -0.1) is 6.42 Å². The van der Waals surface area contributed by atoms with Crippen LogP contribution < -0.4 is 9.70 Å². The number of rotatable bonds is 5. The van der Waals surface area contributed by atoms with Gasteiger partial charge in [-0.1, -0.05) is 41.5 Å². The highest BCUT2D eigenvalue weighted by Gasteiger charge is 2.28. The Bertz CT molecular complexity index is 1460. The fourth-order valence-electron chi connectivity index (χ4n) is 3.95. The van der Waals surface area contributed by atoms with Crippen LogP contribution in [0, 0.1) is 19.3 Å². The molecule has 0 saturated heterocycles. The molecule has 1 aromatic heterocycles. The molecule has 2 heterocycles. The summed E-state index contributed by atoms with van der Waals surface area (Å²) in [7, 11) is -3.99. The number of amides is 2. The SMILES string of the molecule is C#CCn1c(=NC(=O)CS(=O)(=O)CC(=O)N2CCCc3ccccc32)sc2cc(C)ccc21. The molecule has 1 aliphatic rings. The maximum absolute atomic E-state index is 12.8. The number of fused-ring (bicyclic) bond motifs is 2. The number of anilines is 1. The van der Waals surface area contributed by atoms with E-state index >= 15 is 0 Å². The summed E-state index contributed by atoms with van der Waals surface area (Å²) in [5.41, 5.74) is 3.63. The Morgan fingerprint density at radius 2 is 1.97 bits per heavy atom. The molecule has 3 aromatic rings. The molecule has 7 nitrogen and oxygen atoms in total. The molecule has 2 aromatic carbocycles. The monoisotopic (exact) mass is 481 g/mol. The first-order valence-electron chi connectivity index (χ1n) is 10.5. The van der Waals surface area contributed by atoms with E-state index in [0.29, 0.717) is 11.3 Å². The molecule has 9 heteroatoms. The molecule has 4 rings (SSSR count). The van der Waals surface area contributed by atoms with Gasteiger partial charge >= 0.3 is 0 Å². The van der Waals surface area contributed by atoms with Gasteiger partial charge in [0.2, 0.25) is 5.91 Å². The van der Waals surface area contributed by atoms with E-state index < -0.39 is 33.2 Å². The Kier molecular flexibility index (Phi) is 6.49. The van der Waals surface area contributed by atoms with Crippen LogP contribution in [0.15, 0.2) is 47.5 Å². The van der Waals surface area contributed by atoms with Crippen LogP contribution in [-0.2, 0) is 32.4 Å². The Hall–Kier alpha value is -3.22. The number of sulfone groups is 1. The van der Waals surface area contributed by atoms with E-state index in [0.717, 1.165) is 39.9 Å². The molecule has 0 spiro atoms. The summed E-state index contributed by atoms with van der Waals surface area (Å²) in [6.45, 7) is 2.61. The fraction of sp³-hybridized carbons (Fsp3) is 0.292. The third-order valence-corrected chi connectivity index (χ3v) is 7.82. The standard InChI is InChI=1S/C24H23N3O4S2/c1-3-12-27-20-11-10-17(2)14-21(20)32-24(27)25-22(28)15-33(30,31)16-23(29)26-13-6-8-18-7-4-5-9-19(18)26/h1,4-5,7,9-11,14H,6,8,12-13,15-16H2,2H3. The second-order valence-electron chi connectivity index (χ2n) is 7.96. The number of benzene rings is 2. The van der Waals surface area contributed by atoms with E-state index in [1.54, 1.807) is 4.57 Å². The Morgan fingerprint density at radius 1 is 1.18 bits per heavy atom. The second-order valence-corrected chi connectivity index (χ2v) is 11.0. The summed E-state index contributed by atoms with van der Waals surface area (Å²) in [4.78, 5) is 31.2. The van der Waals surface area contributed by atoms with Gasteiger partial charge < -0.3 is 9.47 Å². The van der Waals surface area contributed by atoms with Crippen LogP contribution in [0.1, 0.15) is 17.5 Å². The van der Waals surface area contributed by atoms with Gasteiger partial charge in [0, 0.05) is 12.2 Å². The highest BCUT2D eigenvalue weighted by atomic mass is 32.2. The van der Waals surface area contributed by atoms with Gasteiger partial charge in [0.25, 0.3) is 5.91 Å². The minimum Gasteiger partial charge on any atom is -0.311 e. The van der Waals surface area contributed by atoms with Crippen molar-refractivity contribution in [1.82, 2.24) is 4.57 Å². The molecular formula is C24H23N3O4S2. The van der Waals surface area contributed by atoms with Crippen molar-refractivity contribution in [3.63, 3.8) is 0 Å². The minimum absolute atomic E-state index is 0.203. The molecule has 2 amide bonds. The molecule has 1 aliphatic heterocycles. The van der Waals surface area contributed by atoms with Crippen molar-refractivity contribution in [1.29, 1.82) is 0 Å². The van der Waals surface area contributed by atoms with Gasteiger partial charge in [-0.3, -0.25) is 9.59 Å². The van der Waals surface area contributed by atoms with Crippen LogP contribution in [0.4, 0.5) is 5.69 Å². The van der Waals surface area contributed by atoms with Crippen molar-refractivity contribution in [2.24, 2.45) is 4.99 Å². The Morgan fingerprint density at radius 3 is 2.76 bits per heavy atom. The van der Waals surface area contributed by atoms with E-state index in [2.05, 4.69) is 10.9 Å². The number of carbonyl (C=O) groups is 2. The number of hydrogen-bond donors (Lipinski definition) is 0. The van der Waals surface area contributed by atoms with Crippen molar-refractivity contribution in [3.05, 3.63) is 58.4 Å². The van der Waals surface area contributed by atoms with E-state index in [-0.39, 0.29) is 6.54 Å². The van der Waals surface area contributed by atoms with Crippen LogP contribution >= 0.6 is 11.3 Å². The number of aryl methyl sites for hydroxylation is 2.